The monoisotopic (exact) mass is 376 g/mol. The molecule has 1 aliphatic carbocycles. The first kappa shape index (κ1) is 21.2. The quantitative estimate of drug-likeness (QED) is 0.555. The summed E-state index contributed by atoms with van der Waals surface area (Å²) in [5, 5.41) is 0. The zero-order valence-electron chi connectivity index (χ0n) is 17.3. The van der Waals surface area contributed by atoms with Gasteiger partial charge in [-0.1, -0.05) is 20.3 Å². The number of Topliss-reactive ketones (excluding diaryl/α,β-unsaturated/α-hetero) is 1. The van der Waals surface area contributed by atoms with E-state index in [-0.39, 0.29) is 30.1 Å². The molecule has 1 atom stereocenters. The SMILES string of the molecule is CCOC(=O)c1[nH]c(C)c(C(=O)[C@@H](C)N(CC(C)C)C(=O)C2CCC2)c1C. The molecule has 0 aromatic carbocycles. The number of amides is 1. The highest BCUT2D eigenvalue weighted by Gasteiger charge is 2.36. The minimum Gasteiger partial charge on any atom is -0.461 e. The van der Waals surface area contributed by atoms with Gasteiger partial charge >= 0.3 is 5.97 Å². The lowest BCUT2D eigenvalue weighted by Gasteiger charge is -2.36. The fraction of sp³-hybridized carbons (Fsp3) is 0.667. The standard InChI is InChI=1S/C21H32N2O4/c1-7-27-21(26)18-13(4)17(14(5)22-18)19(24)15(6)23(11-12(2)3)20(25)16-9-8-10-16/h12,15-16,22H,7-11H2,1-6H3/t15-/m1/s1. The number of nitrogens with zero attached hydrogens (tertiary/aromatic N) is 1. The molecule has 1 N–H and O–H groups in total. The second-order valence-corrected chi connectivity index (χ2v) is 7.90. The molecule has 1 heterocycles. The number of ketones is 1. The molecule has 0 saturated heterocycles. The van der Waals surface area contributed by atoms with E-state index in [2.05, 4.69) is 4.98 Å². The maximum atomic E-state index is 13.3. The van der Waals surface area contributed by atoms with Crippen LogP contribution in [0.15, 0.2) is 0 Å². The molecular weight excluding hydrogens is 344 g/mol. The number of nitrogens with one attached hydrogen (secondary N) is 1. The molecule has 27 heavy (non-hydrogen) atoms. The molecular formula is C21H32N2O4. The van der Waals surface area contributed by atoms with E-state index in [0.717, 1.165) is 19.3 Å². The van der Waals surface area contributed by atoms with Crippen LogP contribution in [0.5, 0.6) is 0 Å². The molecule has 2 rings (SSSR count). The minimum atomic E-state index is -0.566. The Labute approximate surface area is 161 Å². The summed E-state index contributed by atoms with van der Waals surface area (Å²) < 4.78 is 5.06. The van der Waals surface area contributed by atoms with Gasteiger partial charge in [-0.25, -0.2) is 4.79 Å². The second-order valence-electron chi connectivity index (χ2n) is 7.90. The van der Waals surface area contributed by atoms with Crippen LogP contribution in [0.2, 0.25) is 0 Å². The number of aromatic nitrogens is 1. The topological polar surface area (TPSA) is 79.5 Å². The summed E-state index contributed by atoms with van der Waals surface area (Å²) in [5.41, 5.74) is 2.02. The number of carbonyl (C=O) groups is 3. The zero-order valence-corrected chi connectivity index (χ0v) is 17.3. The lowest BCUT2D eigenvalue weighted by atomic mass is 9.83. The van der Waals surface area contributed by atoms with Crippen LogP contribution in [-0.4, -0.2) is 46.7 Å². The van der Waals surface area contributed by atoms with Crippen molar-refractivity contribution in [1.82, 2.24) is 9.88 Å². The highest BCUT2D eigenvalue weighted by atomic mass is 16.5. The minimum absolute atomic E-state index is 0.0440. The van der Waals surface area contributed by atoms with E-state index in [0.29, 0.717) is 29.1 Å². The lowest BCUT2D eigenvalue weighted by Crippen LogP contribution is -2.49. The Hall–Kier alpha value is -2.11. The summed E-state index contributed by atoms with van der Waals surface area (Å²) in [4.78, 5) is 43.0. The zero-order chi connectivity index (χ0) is 20.3. The Morgan fingerprint density at radius 3 is 2.30 bits per heavy atom. The molecule has 1 saturated carbocycles. The van der Waals surface area contributed by atoms with Crippen LogP contribution in [0.1, 0.15) is 79.1 Å². The van der Waals surface area contributed by atoms with E-state index in [1.54, 1.807) is 32.6 Å². The largest absolute Gasteiger partial charge is 0.461 e. The summed E-state index contributed by atoms with van der Waals surface area (Å²) in [6.07, 6.45) is 2.89. The predicted molar refractivity (Wildman–Crippen MR) is 104 cm³/mol. The van der Waals surface area contributed by atoms with E-state index in [4.69, 9.17) is 4.74 Å². The molecule has 0 bridgehead atoms. The highest BCUT2D eigenvalue weighted by molar-refractivity contribution is 6.06. The van der Waals surface area contributed by atoms with Gasteiger partial charge in [-0.05, 0) is 52.0 Å². The number of H-pyrrole nitrogens is 1. The van der Waals surface area contributed by atoms with Crippen molar-refractivity contribution in [2.45, 2.75) is 66.8 Å². The summed E-state index contributed by atoms with van der Waals surface area (Å²) >= 11 is 0. The Morgan fingerprint density at radius 2 is 1.81 bits per heavy atom. The molecule has 1 aromatic heterocycles. The third-order valence-electron chi connectivity index (χ3n) is 5.31. The van der Waals surface area contributed by atoms with Crippen LogP contribution >= 0.6 is 0 Å². The number of hydrogen-bond donors (Lipinski definition) is 1. The van der Waals surface area contributed by atoms with Gasteiger partial charge in [0.1, 0.15) is 5.69 Å². The average molecular weight is 376 g/mol. The van der Waals surface area contributed by atoms with Gasteiger partial charge in [0.25, 0.3) is 0 Å². The lowest BCUT2D eigenvalue weighted by molar-refractivity contribution is -0.140. The molecule has 1 fully saturated rings. The van der Waals surface area contributed by atoms with Crippen LogP contribution in [0, 0.1) is 25.7 Å². The van der Waals surface area contributed by atoms with E-state index < -0.39 is 12.0 Å². The van der Waals surface area contributed by atoms with Crippen molar-refractivity contribution in [3.8, 4) is 0 Å². The Bertz CT molecular complexity index is 716. The van der Waals surface area contributed by atoms with Crippen LogP contribution in [0.25, 0.3) is 0 Å². The maximum absolute atomic E-state index is 13.3. The molecule has 0 spiro atoms. The fourth-order valence-corrected chi connectivity index (χ4v) is 3.60. The summed E-state index contributed by atoms with van der Waals surface area (Å²) in [7, 11) is 0. The second kappa shape index (κ2) is 8.72. The van der Waals surface area contributed by atoms with E-state index in [9.17, 15) is 14.4 Å². The first-order valence-electron chi connectivity index (χ1n) is 9.89. The Kier molecular flexibility index (Phi) is 6.84. The van der Waals surface area contributed by atoms with Gasteiger partial charge in [-0.3, -0.25) is 9.59 Å². The molecule has 1 aromatic rings. The molecule has 1 amide bonds. The number of esters is 1. The Morgan fingerprint density at radius 1 is 1.19 bits per heavy atom. The molecule has 1 aliphatic rings. The molecule has 0 aliphatic heterocycles. The van der Waals surface area contributed by atoms with Gasteiger partial charge in [0.15, 0.2) is 5.78 Å². The van der Waals surface area contributed by atoms with Crippen LogP contribution in [-0.2, 0) is 9.53 Å². The highest BCUT2D eigenvalue weighted by Crippen LogP contribution is 2.30. The number of ether oxygens (including phenoxy) is 1. The van der Waals surface area contributed by atoms with Crippen LogP contribution in [0.3, 0.4) is 0 Å². The number of carbonyl (C=O) groups excluding carboxylic acids is 3. The average Bonchev–Trinajstić information content (AvgIpc) is 2.84. The fourth-order valence-electron chi connectivity index (χ4n) is 3.60. The van der Waals surface area contributed by atoms with Crippen LogP contribution in [0.4, 0.5) is 0 Å². The number of hydrogen-bond acceptors (Lipinski definition) is 4. The molecule has 6 nitrogen and oxygen atoms in total. The molecule has 6 heteroatoms. The smallest absolute Gasteiger partial charge is 0.355 e. The van der Waals surface area contributed by atoms with Crippen molar-refractivity contribution >= 4 is 17.7 Å². The van der Waals surface area contributed by atoms with Crippen molar-refractivity contribution in [2.24, 2.45) is 11.8 Å². The van der Waals surface area contributed by atoms with E-state index in [1.165, 1.54) is 0 Å². The van der Waals surface area contributed by atoms with Crippen molar-refractivity contribution in [3.63, 3.8) is 0 Å². The molecule has 150 valence electrons. The first-order chi connectivity index (χ1) is 12.7. The Balaban J connectivity index is 2.30. The number of aryl methyl sites for hydroxylation is 1. The van der Waals surface area contributed by atoms with E-state index >= 15 is 0 Å². The van der Waals surface area contributed by atoms with Crippen molar-refractivity contribution in [1.29, 1.82) is 0 Å². The predicted octanol–water partition coefficient (Wildman–Crippen LogP) is 3.66. The maximum Gasteiger partial charge on any atom is 0.355 e. The first-order valence-corrected chi connectivity index (χ1v) is 9.89. The molecule has 0 radical (unpaired) electrons. The van der Waals surface area contributed by atoms with E-state index in [1.807, 2.05) is 13.8 Å². The van der Waals surface area contributed by atoms with Crippen LogP contribution < -0.4 is 0 Å². The van der Waals surface area contributed by atoms with Crippen molar-refractivity contribution in [3.05, 3.63) is 22.5 Å². The summed E-state index contributed by atoms with van der Waals surface area (Å²) in [5.74, 6) is -0.206. The van der Waals surface area contributed by atoms with Gasteiger partial charge < -0.3 is 14.6 Å². The number of rotatable bonds is 8. The van der Waals surface area contributed by atoms with Crippen molar-refractivity contribution in [2.75, 3.05) is 13.2 Å². The van der Waals surface area contributed by atoms with Crippen molar-refractivity contribution < 1.29 is 19.1 Å². The summed E-state index contributed by atoms with van der Waals surface area (Å²) in [6.45, 7) is 12.0. The summed E-state index contributed by atoms with van der Waals surface area (Å²) in [6, 6.07) is -0.566. The third-order valence-corrected chi connectivity index (χ3v) is 5.31. The normalized spacial score (nSPS) is 15.4. The van der Waals surface area contributed by atoms with Gasteiger partial charge in [0.05, 0.1) is 12.6 Å². The molecule has 0 unspecified atom stereocenters. The third kappa shape index (κ3) is 4.42. The van der Waals surface area contributed by atoms with Gasteiger partial charge in [-0.2, -0.15) is 0 Å². The van der Waals surface area contributed by atoms with Gasteiger partial charge in [0, 0.05) is 23.7 Å². The van der Waals surface area contributed by atoms with Gasteiger partial charge in [-0.15, -0.1) is 0 Å². The number of aromatic amines is 1. The van der Waals surface area contributed by atoms with Gasteiger partial charge in [0.2, 0.25) is 5.91 Å².